The van der Waals surface area contributed by atoms with E-state index in [9.17, 15) is 0 Å². The molecule has 0 heteroatoms. The van der Waals surface area contributed by atoms with Crippen LogP contribution in [0.1, 0.15) is 76.5 Å². The van der Waals surface area contributed by atoms with Crippen LogP contribution in [0, 0.1) is 17.3 Å². The van der Waals surface area contributed by atoms with Crippen LogP contribution in [0.25, 0.3) is 5.57 Å². The summed E-state index contributed by atoms with van der Waals surface area (Å²) in [7, 11) is 0. The zero-order valence-electron chi connectivity index (χ0n) is 16.9. The highest BCUT2D eigenvalue weighted by atomic mass is 14.5. The van der Waals surface area contributed by atoms with Crippen LogP contribution >= 0.6 is 0 Å². The van der Waals surface area contributed by atoms with E-state index in [1.807, 2.05) is 19.9 Å². The Morgan fingerprint density at radius 2 is 1.88 bits per heavy atom. The lowest BCUT2D eigenvalue weighted by Crippen LogP contribution is -2.39. The maximum Gasteiger partial charge on any atom is 0.0208 e. The smallest absolute Gasteiger partial charge is 0.0208 e. The first-order chi connectivity index (χ1) is 12.5. The van der Waals surface area contributed by atoms with Crippen LogP contribution in [0.15, 0.2) is 48.6 Å². The topological polar surface area (TPSA) is 0 Å². The van der Waals surface area contributed by atoms with Crippen molar-refractivity contribution in [2.24, 2.45) is 5.41 Å². The summed E-state index contributed by atoms with van der Waals surface area (Å²) >= 11 is 0. The van der Waals surface area contributed by atoms with Gasteiger partial charge in [0.2, 0.25) is 0 Å². The molecule has 2 aliphatic carbocycles. The molecule has 0 unspecified atom stereocenters. The molecule has 0 N–H and O–H groups in total. The maximum absolute atomic E-state index is 4.05. The molecule has 136 valence electrons. The van der Waals surface area contributed by atoms with E-state index in [0.717, 1.165) is 11.1 Å². The van der Waals surface area contributed by atoms with Crippen molar-refractivity contribution in [3.63, 3.8) is 0 Å². The summed E-state index contributed by atoms with van der Waals surface area (Å²) in [5, 5.41) is 0. The highest BCUT2D eigenvalue weighted by Gasteiger charge is 2.51. The van der Waals surface area contributed by atoms with Crippen molar-refractivity contribution in [1.29, 1.82) is 0 Å². The van der Waals surface area contributed by atoms with Gasteiger partial charge in [0.1, 0.15) is 0 Å². The Hall–Kier alpha value is -2.00. The average molecular weight is 345 g/mol. The summed E-state index contributed by atoms with van der Waals surface area (Å²) in [4.78, 5) is 0. The Balaban J connectivity index is 2.02. The molecule has 2 aliphatic rings. The second-order valence-corrected chi connectivity index (χ2v) is 8.44. The summed E-state index contributed by atoms with van der Waals surface area (Å²) in [6.45, 7) is 12.9. The standard InChI is InChI=1S/C26H32/c1-6-12-20(7-2)17-21(8-3)22-13-14-23-19-26(15-10-9-11-16-26)25(4,5)24(23)18-22/h7-8,13-14,17-18H,3,9-11,15-16,19H2,1-2,4-5H3/b20-7-,21-17+. The molecule has 1 fully saturated rings. The van der Waals surface area contributed by atoms with Gasteiger partial charge in [0.25, 0.3) is 0 Å². The molecule has 1 saturated carbocycles. The molecule has 0 radical (unpaired) electrons. The predicted octanol–water partition coefficient (Wildman–Crippen LogP) is 7.01. The lowest BCUT2D eigenvalue weighted by atomic mass is 9.59. The Bertz CT molecular complexity index is 811. The molecular formula is C26H32. The van der Waals surface area contributed by atoms with Gasteiger partial charge in [0, 0.05) is 5.57 Å². The molecular weight excluding hydrogens is 312 g/mol. The highest BCUT2D eigenvalue weighted by Crippen LogP contribution is 2.58. The monoisotopic (exact) mass is 344 g/mol. The van der Waals surface area contributed by atoms with E-state index in [4.69, 9.17) is 0 Å². The minimum absolute atomic E-state index is 0.248. The van der Waals surface area contributed by atoms with Crippen LogP contribution < -0.4 is 0 Å². The summed E-state index contributed by atoms with van der Waals surface area (Å²) in [5.41, 5.74) is 7.29. The van der Waals surface area contributed by atoms with Crippen LogP contribution in [-0.4, -0.2) is 0 Å². The van der Waals surface area contributed by atoms with Crippen molar-refractivity contribution in [1.82, 2.24) is 0 Å². The lowest BCUT2D eigenvalue weighted by molar-refractivity contribution is 0.105. The molecule has 1 aromatic rings. The lowest BCUT2D eigenvalue weighted by Gasteiger charge is -2.45. The van der Waals surface area contributed by atoms with Crippen LogP contribution in [0.2, 0.25) is 0 Å². The predicted molar refractivity (Wildman–Crippen MR) is 114 cm³/mol. The third-order valence-corrected chi connectivity index (χ3v) is 6.89. The number of allylic oxidation sites excluding steroid dienone is 5. The van der Waals surface area contributed by atoms with Crippen LogP contribution in [-0.2, 0) is 11.8 Å². The van der Waals surface area contributed by atoms with E-state index < -0.39 is 0 Å². The molecule has 1 aromatic carbocycles. The SMILES string of the molecule is C=C/C(=C\C(C#CC)=C/C)c1ccc2c(c1)C(C)(C)C1(CCCCC1)C2. The first-order valence-electron chi connectivity index (χ1n) is 10.0. The second-order valence-electron chi connectivity index (χ2n) is 8.44. The number of fused-ring (bicyclic) bond motifs is 1. The fourth-order valence-electron chi connectivity index (χ4n) is 5.16. The van der Waals surface area contributed by atoms with Gasteiger partial charge in [-0.2, -0.15) is 0 Å². The number of hydrogen-bond acceptors (Lipinski definition) is 0. The van der Waals surface area contributed by atoms with E-state index in [-0.39, 0.29) is 5.41 Å². The molecule has 3 rings (SSSR count). The zero-order chi connectivity index (χ0) is 18.8. The van der Waals surface area contributed by atoms with Gasteiger partial charge in [-0.1, -0.05) is 76.0 Å². The molecule has 0 nitrogen and oxygen atoms in total. The van der Waals surface area contributed by atoms with Crippen LogP contribution in [0.3, 0.4) is 0 Å². The van der Waals surface area contributed by atoms with E-state index in [1.54, 1.807) is 11.1 Å². The molecule has 1 spiro atoms. The van der Waals surface area contributed by atoms with Crippen molar-refractivity contribution < 1.29 is 0 Å². The Labute approximate surface area is 160 Å². The summed E-state index contributed by atoms with van der Waals surface area (Å²) in [6, 6.07) is 7.07. The molecule has 0 amide bonds. The van der Waals surface area contributed by atoms with Gasteiger partial charge in [-0.3, -0.25) is 0 Å². The quantitative estimate of drug-likeness (QED) is 0.408. The fourth-order valence-corrected chi connectivity index (χ4v) is 5.16. The summed E-state index contributed by atoms with van der Waals surface area (Å²) in [6.07, 6.45) is 14.4. The Kier molecular flexibility index (Phi) is 5.29. The van der Waals surface area contributed by atoms with Gasteiger partial charge in [0.15, 0.2) is 0 Å². The molecule has 0 saturated heterocycles. The Morgan fingerprint density at radius 3 is 2.50 bits per heavy atom. The minimum atomic E-state index is 0.248. The summed E-state index contributed by atoms with van der Waals surface area (Å²) in [5.74, 6) is 6.16. The Morgan fingerprint density at radius 1 is 1.15 bits per heavy atom. The third-order valence-electron chi connectivity index (χ3n) is 6.89. The van der Waals surface area contributed by atoms with Crippen molar-refractivity contribution in [3.05, 3.63) is 65.3 Å². The first-order valence-corrected chi connectivity index (χ1v) is 10.0. The second kappa shape index (κ2) is 7.32. The molecule has 26 heavy (non-hydrogen) atoms. The van der Waals surface area contributed by atoms with Crippen LogP contribution in [0.5, 0.6) is 0 Å². The van der Waals surface area contributed by atoms with Crippen molar-refractivity contribution in [2.45, 2.75) is 71.6 Å². The normalized spacial score (nSPS) is 21.1. The van der Waals surface area contributed by atoms with Gasteiger partial charge >= 0.3 is 0 Å². The van der Waals surface area contributed by atoms with E-state index in [2.05, 4.69) is 62.6 Å². The summed E-state index contributed by atoms with van der Waals surface area (Å²) < 4.78 is 0. The largest absolute Gasteiger partial charge is 0.101 e. The maximum atomic E-state index is 4.05. The molecule has 0 aromatic heterocycles. The number of rotatable bonds is 3. The molecule has 0 aliphatic heterocycles. The van der Waals surface area contributed by atoms with Crippen molar-refractivity contribution in [2.75, 3.05) is 0 Å². The molecule has 0 bridgehead atoms. The molecule has 0 atom stereocenters. The third kappa shape index (κ3) is 3.09. The van der Waals surface area contributed by atoms with E-state index in [0.29, 0.717) is 5.41 Å². The van der Waals surface area contributed by atoms with Gasteiger partial charge < -0.3 is 0 Å². The zero-order valence-corrected chi connectivity index (χ0v) is 16.9. The van der Waals surface area contributed by atoms with Gasteiger partial charge in [-0.25, -0.2) is 0 Å². The van der Waals surface area contributed by atoms with Crippen molar-refractivity contribution >= 4 is 5.57 Å². The first kappa shape index (κ1) is 18.8. The minimum Gasteiger partial charge on any atom is -0.101 e. The molecule has 0 heterocycles. The number of hydrogen-bond donors (Lipinski definition) is 0. The fraction of sp³-hybridized carbons (Fsp3) is 0.462. The van der Waals surface area contributed by atoms with Gasteiger partial charge in [-0.15, -0.1) is 5.92 Å². The van der Waals surface area contributed by atoms with Gasteiger partial charge in [0.05, 0.1) is 0 Å². The van der Waals surface area contributed by atoms with Gasteiger partial charge in [-0.05, 0) is 72.3 Å². The van der Waals surface area contributed by atoms with E-state index >= 15 is 0 Å². The number of benzene rings is 1. The highest BCUT2D eigenvalue weighted by molar-refractivity contribution is 5.77. The van der Waals surface area contributed by atoms with Crippen molar-refractivity contribution in [3.8, 4) is 11.8 Å². The average Bonchev–Trinajstić information content (AvgIpc) is 2.86. The van der Waals surface area contributed by atoms with Crippen LogP contribution in [0.4, 0.5) is 0 Å². The van der Waals surface area contributed by atoms with E-state index in [1.165, 1.54) is 44.1 Å².